The summed E-state index contributed by atoms with van der Waals surface area (Å²) in [4.78, 5) is 23.4. The number of amides is 1. The van der Waals surface area contributed by atoms with Gasteiger partial charge in [0.15, 0.2) is 0 Å². The highest BCUT2D eigenvalue weighted by molar-refractivity contribution is 5.80. The Bertz CT molecular complexity index is 353. The van der Waals surface area contributed by atoms with E-state index in [-0.39, 0.29) is 11.9 Å². The van der Waals surface area contributed by atoms with E-state index in [0.29, 0.717) is 18.8 Å². The highest BCUT2D eigenvalue weighted by Crippen LogP contribution is 2.38. The molecule has 5 nitrogen and oxygen atoms in total. The van der Waals surface area contributed by atoms with Crippen molar-refractivity contribution in [3.05, 3.63) is 0 Å². The van der Waals surface area contributed by atoms with Gasteiger partial charge in [-0.1, -0.05) is 6.42 Å². The maximum Gasteiger partial charge on any atom is 0.311 e. The topological polar surface area (TPSA) is 78.4 Å². The molecule has 1 aliphatic heterocycles. The quantitative estimate of drug-likeness (QED) is 0.714. The van der Waals surface area contributed by atoms with Crippen molar-refractivity contribution in [1.82, 2.24) is 10.6 Å². The van der Waals surface area contributed by atoms with Gasteiger partial charge in [0.05, 0.1) is 5.41 Å². The lowest BCUT2D eigenvalue weighted by Gasteiger charge is -2.29. The van der Waals surface area contributed by atoms with Crippen molar-refractivity contribution >= 4 is 11.9 Å². The standard InChI is InChI=1S/C14H24N2O3/c1-14(13(18)19)6-2-5-11(14)16-12(17)8-10-4-3-7-15-9-10/h10-11,15H,2-9H2,1H3,(H,16,17)(H,18,19). The van der Waals surface area contributed by atoms with Crippen LogP contribution >= 0.6 is 0 Å². The van der Waals surface area contributed by atoms with Crippen molar-refractivity contribution in [1.29, 1.82) is 0 Å². The SMILES string of the molecule is CC1(C(=O)O)CCCC1NC(=O)CC1CCCNC1. The molecule has 5 heteroatoms. The monoisotopic (exact) mass is 268 g/mol. The molecule has 1 aliphatic carbocycles. The minimum atomic E-state index is -0.797. The zero-order valence-corrected chi connectivity index (χ0v) is 11.6. The van der Waals surface area contributed by atoms with Crippen molar-refractivity contribution in [3.8, 4) is 0 Å². The van der Waals surface area contributed by atoms with Crippen LogP contribution in [0.3, 0.4) is 0 Å². The fourth-order valence-corrected chi connectivity index (χ4v) is 3.27. The summed E-state index contributed by atoms with van der Waals surface area (Å²) in [5.74, 6) is -0.394. The number of hydrogen-bond acceptors (Lipinski definition) is 3. The average molecular weight is 268 g/mol. The number of nitrogens with one attached hydrogen (secondary N) is 2. The maximum atomic E-state index is 12.0. The van der Waals surface area contributed by atoms with Crippen molar-refractivity contribution < 1.29 is 14.7 Å². The van der Waals surface area contributed by atoms with Crippen molar-refractivity contribution in [3.63, 3.8) is 0 Å². The van der Waals surface area contributed by atoms with Gasteiger partial charge < -0.3 is 15.7 Å². The van der Waals surface area contributed by atoms with E-state index in [1.807, 2.05) is 0 Å². The Kier molecular flexibility index (Phi) is 4.45. The first-order chi connectivity index (χ1) is 9.02. The molecular weight excluding hydrogens is 244 g/mol. The third-order valence-electron chi connectivity index (χ3n) is 4.65. The summed E-state index contributed by atoms with van der Waals surface area (Å²) in [7, 11) is 0. The van der Waals surface area contributed by atoms with Crippen LogP contribution in [0.4, 0.5) is 0 Å². The molecule has 3 N–H and O–H groups in total. The zero-order valence-electron chi connectivity index (χ0n) is 11.6. The predicted octanol–water partition coefficient (Wildman–Crippen LogP) is 1.14. The van der Waals surface area contributed by atoms with Gasteiger partial charge in [-0.15, -0.1) is 0 Å². The van der Waals surface area contributed by atoms with Crippen LogP contribution in [0.5, 0.6) is 0 Å². The largest absolute Gasteiger partial charge is 0.481 e. The molecular formula is C14H24N2O3. The Morgan fingerprint density at radius 2 is 2.16 bits per heavy atom. The number of rotatable bonds is 4. The van der Waals surface area contributed by atoms with Gasteiger partial charge in [0.25, 0.3) is 0 Å². The smallest absolute Gasteiger partial charge is 0.311 e. The van der Waals surface area contributed by atoms with Gasteiger partial charge in [-0.2, -0.15) is 0 Å². The fourth-order valence-electron chi connectivity index (χ4n) is 3.27. The molecule has 0 bridgehead atoms. The Hall–Kier alpha value is -1.10. The van der Waals surface area contributed by atoms with Crippen molar-refractivity contribution in [2.24, 2.45) is 11.3 Å². The molecule has 0 aromatic rings. The first-order valence-electron chi connectivity index (χ1n) is 7.26. The lowest BCUT2D eigenvalue weighted by atomic mass is 9.84. The van der Waals surface area contributed by atoms with Gasteiger partial charge in [-0.3, -0.25) is 9.59 Å². The van der Waals surface area contributed by atoms with E-state index < -0.39 is 11.4 Å². The predicted molar refractivity (Wildman–Crippen MR) is 71.7 cm³/mol. The summed E-state index contributed by atoms with van der Waals surface area (Å²) in [6.07, 6.45) is 5.02. The third kappa shape index (κ3) is 3.26. The Balaban J connectivity index is 1.86. The number of carboxylic acids is 1. The van der Waals surface area contributed by atoms with E-state index in [2.05, 4.69) is 10.6 Å². The van der Waals surface area contributed by atoms with Gasteiger partial charge >= 0.3 is 5.97 Å². The molecule has 2 rings (SSSR count). The van der Waals surface area contributed by atoms with E-state index in [4.69, 9.17) is 0 Å². The summed E-state index contributed by atoms with van der Waals surface area (Å²) in [6.45, 7) is 3.68. The molecule has 1 heterocycles. The molecule has 2 fully saturated rings. The van der Waals surface area contributed by atoms with E-state index in [0.717, 1.165) is 38.8 Å². The Morgan fingerprint density at radius 1 is 1.37 bits per heavy atom. The minimum Gasteiger partial charge on any atom is -0.481 e. The zero-order chi connectivity index (χ0) is 13.9. The maximum absolute atomic E-state index is 12.0. The van der Waals surface area contributed by atoms with Gasteiger partial charge in [-0.25, -0.2) is 0 Å². The second-order valence-corrected chi connectivity index (χ2v) is 6.15. The van der Waals surface area contributed by atoms with Crippen LogP contribution < -0.4 is 10.6 Å². The van der Waals surface area contributed by atoms with Crippen LogP contribution in [0.1, 0.15) is 45.4 Å². The highest BCUT2D eigenvalue weighted by atomic mass is 16.4. The first kappa shape index (κ1) is 14.3. The number of aliphatic carboxylic acids is 1. The average Bonchev–Trinajstić information content (AvgIpc) is 2.73. The molecule has 3 atom stereocenters. The summed E-state index contributed by atoms with van der Waals surface area (Å²) in [5, 5.41) is 15.6. The van der Waals surface area contributed by atoms with Crippen LogP contribution in [-0.4, -0.2) is 36.1 Å². The lowest BCUT2D eigenvalue weighted by Crippen LogP contribution is -2.47. The molecule has 0 aromatic heterocycles. The van der Waals surface area contributed by atoms with Crippen LogP contribution in [0.15, 0.2) is 0 Å². The van der Waals surface area contributed by atoms with Gasteiger partial charge in [0.1, 0.15) is 0 Å². The lowest BCUT2D eigenvalue weighted by molar-refractivity contribution is -0.149. The minimum absolute atomic E-state index is 0.00748. The molecule has 3 unspecified atom stereocenters. The van der Waals surface area contributed by atoms with Gasteiger partial charge in [0.2, 0.25) is 5.91 Å². The Labute approximate surface area is 114 Å². The van der Waals surface area contributed by atoms with Gasteiger partial charge in [0, 0.05) is 12.5 Å². The molecule has 1 amide bonds. The van der Waals surface area contributed by atoms with E-state index in [1.54, 1.807) is 6.92 Å². The summed E-state index contributed by atoms with van der Waals surface area (Å²) in [5.41, 5.74) is -0.791. The molecule has 19 heavy (non-hydrogen) atoms. The molecule has 0 spiro atoms. The molecule has 1 saturated heterocycles. The normalized spacial score (nSPS) is 35.0. The molecule has 1 saturated carbocycles. The summed E-state index contributed by atoms with van der Waals surface area (Å²) >= 11 is 0. The van der Waals surface area contributed by atoms with E-state index >= 15 is 0 Å². The molecule has 2 aliphatic rings. The van der Waals surface area contributed by atoms with E-state index in [1.165, 1.54) is 0 Å². The number of carbonyl (C=O) groups is 2. The van der Waals surface area contributed by atoms with E-state index in [9.17, 15) is 14.7 Å². The number of carboxylic acid groups (broad SMARTS) is 1. The van der Waals surface area contributed by atoms with Crippen LogP contribution in [0, 0.1) is 11.3 Å². The summed E-state index contributed by atoms with van der Waals surface area (Å²) in [6, 6.07) is -0.214. The number of carbonyl (C=O) groups excluding carboxylic acids is 1. The molecule has 0 aromatic carbocycles. The fraction of sp³-hybridized carbons (Fsp3) is 0.857. The first-order valence-corrected chi connectivity index (χ1v) is 7.26. The highest BCUT2D eigenvalue weighted by Gasteiger charge is 2.45. The Morgan fingerprint density at radius 3 is 2.79 bits per heavy atom. The van der Waals surface area contributed by atoms with Crippen molar-refractivity contribution in [2.75, 3.05) is 13.1 Å². The van der Waals surface area contributed by atoms with Crippen LogP contribution in [-0.2, 0) is 9.59 Å². The summed E-state index contributed by atoms with van der Waals surface area (Å²) < 4.78 is 0. The second kappa shape index (κ2) is 5.90. The number of piperidine rings is 1. The van der Waals surface area contributed by atoms with Crippen molar-refractivity contribution in [2.45, 2.75) is 51.5 Å². The third-order valence-corrected chi connectivity index (χ3v) is 4.65. The molecule has 0 radical (unpaired) electrons. The van der Waals surface area contributed by atoms with Crippen LogP contribution in [0.2, 0.25) is 0 Å². The van der Waals surface area contributed by atoms with Crippen LogP contribution in [0.25, 0.3) is 0 Å². The van der Waals surface area contributed by atoms with Gasteiger partial charge in [-0.05, 0) is 51.6 Å². The molecule has 108 valence electrons. The second-order valence-electron chi connectivity index (χ2n) is 6.15. The number of hydrogen-bond donors (Lipinski definition) is 3.